The van der Waals surface area contributed by atoms with Crippen LogP contribution in [-0.4, -0.2) is 39.8 Å². The van der Waals surface area contributed by atoms with Crippen LogP contribution in [-0.2, 0) is 6.42 Å². The maximum atomic E-state index is 12.7. The second-order valence-electron chi connectivity index (χ2n) is 5.78. The van der Waals surface area contributed by atoms with Crippen LogP contribution in [0.5, 0.6) is 0 Å². The lowest BCUT2D eigenvalue weighted by Crippen LogP contribution is -2.52. The number of benzene rings is 1. The summed E-state index contributed by atoms with van der Waals surface area (Å²) in [4.78, 5) is 14.5. The fraction of sp³-hybridized carbons (Fsp3) is 0.412. The Bertz CT molecular complexity index is 638. The first-order chi connectivity index (χ1) is 10.7. The highest BCUT2D eigenvalue weighted by Crippen LogP contribution is 2.24. The van der Waals surface area contributed by atoms with E-state index < -0.39 is 6.10 Å². The summed E-state index contributed by atoms with van der Waals surface area (Å²) < 4.78 is 4.88. The first kappa shape index (κ1) is 14.8. The number of aliphatic hydroxyl groups is 1. The number of carbonyl (C=O) groups excluding carboxylic acids is 1. The quantitative estimate of drug-likeness (QED) is 0.943. The van der Waals surface area contributed by atoms with Crippen LogP contribution in [0.2, 0.25) is 0 Å². The Morgan fingerprint density at radius 1 is 1.41 bits per heavy atom. The zero-order valence-electron chi connectivity index (χ0n) is 12.6. The molecule has 2 atom stereocenters. The van der Waals surface area contributed by atoms with Gasteiger partial charge in [-0.3, -0.25) is 4.79 Å². The molecule has 5 nitrogen and oxygen atoms in total. The number of aromatic nitrogens is 1. The highest BCUT2D eigenvalue weighted by Gasteiger charge is 2.34. The third-order valence-electron chi connectivity index (χ3n) is 4.27. The minimum atomic E-state index is -0.502. The van der Waals surface area contributed by atoms with Gasteiger partial charge in [0, 0.05) is 6.54 Å². The summed E-state index contributed by atoms with van der Waals surface area (Å²) in [5.41, 5.74) is 2.18. The molecule has 0 spiro atoms. The molecule has 5 heteroatoms. The number of aryl methyl sites for hydroxylation is 1. The minimum Gasteiger partial charge on any atom is -0.391 e. The highest BCUT2D eigenvalue weighted by molar-refractivity contribution is 5.95. The van der Waals surface area contributed by atoms with Gasteiger partial charge in [0.25, 0.3) is 5.91 Å². The number of amides is 1. The van der Waals surface area contributed by atoms with E-state index >= 15 is 0 Å². The van der Waals surface area contributed by atoms with Crippen LogP contribution in [0.4, 0.5) is 0 Å². The van der Waals surface area contributed by atoms with Crippen LogP contribution >= 0.6 is 0 Å². The van der Waals surface area contributed by atoms with E-state index in [0.717, 1.165) is 18.4 Å². The van der Waals surface area contributed by atoms with Crippen molar-refractivity contribution < 1.29 is 14.4 Å². The highest BCUT2D eigenvalue weighted by atomic mass is 16.5. The molecule has 1 aromatic heterocycles. The SMILES string of the molecule is Cc1nocc1C(=O)N1CCC[C@H](O)[C@@H]1Cc1ccccc1. The zero-order chi connectivity index (χ0) is 15.5. The van der Waals surface area contributed by atoms with Crippen LogP contribution in [0.15, 0.2) is 41.1 Å². The molecule has 1 aromatic carbocycles. The summed E-state index contributed by atoms with van der Waals surface area (Å²) in [5.74, 6) is -0.113. The van der Waals surface area contributed by atoms with Crippen LogP contribution in [0.25, 0.3) is 0 Å². The molecule has 1 aliphatic heterocycles. The first-order valence-electron chi connectivity index (χ1n) is 7.60. The van der Waals surface area contributed by atoms with Gasteiger partial charge < -0.3 is 14.5 Å². The minimum absolute atomic E-state index is 0.113. The van der Waals surface area contributed by atoms with E-state index in [-0.39, 0.29) is 11.9 Å². The van der Waals surface area contributed by atoms with Crippen LogP contribution in [0.3, 0.4) is 0 Å². The third-order valence-corrected chi connectivity index (χ3v) is 4.27. The number of hydrogen-bond acceptors (Lipinski definition) is 4. The van der Waals surface area contributed by atoms with Crippen molar-refractivity contribution in [2.75, 3.05) is 6.54 Å². The third kappa shape index (κ3) is 2.90. The number of aliphatic hydroxyl groups excluding tert-OH is 1. The lowest BCUT2D eigenvalue weighted by molar-refractivity contribution is 0.0118. The van der Waals surface area contributed by atoms with Gasteiger partial charge in [-0.1, -0.05) is 35.5 Å². The molecule has 0 aliphatic carbocycles. The smallest absolute Gasteiger partial charge is 0.259 e. The van der Waals surface area contributed by atoms with Crippen molar-refractivity contribution in [3.63, 3.8) is 0 Å². The van der Waals surface area contributed by atoms with Crippen molar-refractivity contribution in [3.05, 3.63) is 53.4 Å². The summed E-state index contributed by atoms with van der Waals surface area (Å²) in [6, 6.07) is 9.74. The van der Waals surface area contributed by atoms with Gasteiger partial charge in [0.15, 0.2) is 0 Å². The molecule has 1 N–H and O–H groups in total. The standard InChI is InChI=1S/C17H20N2O3/c1-12-14(11-22-18-12)17(21)19-9-5-8-16(20)15(19)10-13-6-3-2-4-7-13/h2-4,6-7,11,15-16,20H,5,8-10H2,1H3/t15-,16-/m0/s1. The van der Waals surface area contributed by atoms with Crippen LogP contribution in [0, 0.1) is 6.92 Å². The molecule has 0 bridgehead atoms. The normalized spacial score (nSPS) is 21.8. The van der Waals surface area contributed by atoms with Crippen molar-refractivity contribution in [2.24, 2.45) is 0 Å². The molecule has 1 amide bonds. The van der Waals surface area contributed by atoms with Crippen molar-refractivity contribution in [2.45, 2.75) is 38.3 Å². The van der Waals surface area contributed by atoms with Crippen molar-refractivity contribution in [3.8, 4) is 0 Å². The average molecular weight is 300 g/mol. The summed E-state index contributed by atoms with van der Waals surface area (Å²) in [6.07, 6.45) is 3.07. The predicted molar refractivity (Wildman–Crippen MR) is 81.5 cm³/mol. The van der Waals surface area contributed by atoms with Gasteiger partial charge in [0.1, 0.15) is 11.8 Å². The van der Waals surface area contributed by atoms with E-state index in [1.165, 1.54) is 6.26 Å². The molecule has 0 radical (unpaired) electrons. The molecule has 0 saturated carbocycles. The van der Waals surface area contributed by atoms with Crippen LogP contribution in [0.1, 0.15) is 34.5 Å². The summed E-state index contributed by atoms with van der Waals surface area (Å²) in [5, 5.41) is 14.2. The van der Waals surface area contributed by atoms with E-state index in [1.54, 1.807) is 11.8 Å². The van der Waals surface area contributed by atoms with E-state index in [0.29, 0.717) is 24.2 Å². The van der Waals surface area contributed by atoms with E-state index in [9.17, 15) is 9.90 Å². The summed E-state index contributed by atoms with van der Waals surface area (Å²) in [6.45, 7) is 2.40. The Labute approximate surface area is 129 Å². The fourth-order valence-electron chi connectivity index (χ4n) is 3.04. The van der Waals surface area contributed by atoms with Gasteiger partial charge in [-0.2, -0.15) is 0 Å². The molecule has 22 heavy (non-hydrogen) atoms. The van der Waals surface area contributed by atoms with Crippen molar-refractivity contribution in [1.82, 2.24) is 10.1 Å². The van der Waals surface area contributed by atoms with Crippen LogP contribution < -0.4 is 0 Å². The Kier molecular flexibility index (Phi) is 4.24. The largest absolute Gasteiger partial charge is 0.391 e. The molecule has 1 saturated heterocycles. The van der Waals surface area contributed by atoms with E-state index in [4.69, 9.17) is 4.52 Å². The molecular formula is C17H20N2O3. The molecular weight excluding hydrogens is 280 g/mol. The summed E-state index contributed by atoms with van der Waals surface area (Å²) in [7, 11) is 0. The lowest BCUT2D eigenvalue weighted by atomic mass is 9.92. The summed E-state index contributed by atoms with van der Waals surface area (Å²) >= 11 is 0. The monoisotopic (exact) mass is 300 g/mol. The lowest BCUT2D eigenvalue weighted by Gasteiger charge is -2.39. The van der Waals surface area contributed by atoms with Gasteiger partial charge >= 0.3 is 0 Å². The van der Waals surface area contributed by atoms with Gasteiger partial charge in [-0.15, -0.1) is 0 Å². The number of hydrogen-bond donors (Lipinski definition) is 1. The molecule has 1 aliphatic rings. The molecule has 2 aromatic rings. The maximum absolute atomic E-state index is 12.7. The number of rotatable bonds is 3. The Morgan fingerprint density at radius 2 is 2.18 bits per heavy atom. The van der Waals surface area contributed by atoms with E-state index in [2.05, 4.69) is 5.16 Å². The predicted octanol–water partition coefficient (Wildman–Crippen LogP) is 2.19. The molecule has 0 unspecified atom stereocenters. The van der Waals surface area contributed by atoms with Gasteiger partial charge in [0.05, 0.1) is 17.8 Å². The molecule has 1 fully saturated rings. The molecule has 116 valence electrons. The Hall–Kier alpha value is -2.14. The Balaban J connectivity index is 1.84. The fourth-order valence-corrected chi connectivity index (χ4v) is 3.04. The first-order valence-corrected chi connectivity index (χ1v) is 7.60. The maximum Gasteiger partial charge on any atom is 0.259 e. The molecule has 2 heterocycles. The van der Waals surface area contributed by atoms with Crippen molar-refractivity contribution in [1.29, 1.82) is 0 Å². The van der Waals surface area contributed by atoms with Gasteiger partial charge in [0.2, 0.25) is 0 Å². The number of likely N-dealkylation sites (tertiary alicyclic amines) is 1. The molecule has 3 rings (SSSR count). The number of nitrogens with zero attached hydrogens (tertiary/aromatic N) is 2. The van der Waals surface area contributed by atoms with E-state index in [1.807, 2.05) is 30.3 Å². The Morgan fingerprint density at radius 3 is 2.86 bits per heavy atom. The zero-order valence-corrected chi connectivity index (χ0v) is 12.6. The second-order valence-corrected chi connectivity index (χ2v) is 5.78. The van der Waals surface area contributed by atoms with Gasteiger partial charge in [-0.05, 0) is 31.7 Å². The second kappa shape index (κ2) is 6.32. The topological polar surface area (TPSA) is 66.6 Å². The number of piperidine rings is 1. The van der Waals surface area contributed by atoms with Crippen molar-refractivity contribution >= 4 is 5.91 Å². The van der Waals surface area contributed by atoms with Gasteiger partial charge in [-0.25, -0.2) is 0 Å². The average Bonchev–Trinajstić information content (AvgIpc) is 2.96. The number of carbonyl (C=O) groups is 1.